The molecule has 0 heterocycles. The fourth-order valence-corrected chi connectivity index (χ4v) is 3.82. The molecule has 0 radical (unpaired) electrons. The Labute approximate surface area is 179 Å². The Bertz CT molecular complexity index is 1050. The van der Waals surface area contributed by atoms with E-state index in [2.05, 4.69) is 18.2 Å². The SMILES string of the molecule is COc1ccccc1CC(=O)C(C)Cc1cccc2c(CC(=O)C(C)C)cccc12. The maximum atomic E-state index is 12.9. The molecule has 0 aliphatic rings. The summed E-state index contributed by atoms with van der Waals surface area (Å²) in [7, 11) is 1.63. The van der Waals surface area contributed by atoms with Crippen LogP contribution in [-0.4, -0.2) is 18.7 Å². The second-order valence-electron chi connectivity index (χ2n) is 8.29. The molecule has 0 amide bonds. The van der Waals surface area contributed by atoms with Crippen molar-refractivity contribution in [2.75, 3.05) is 7.11 Å². The molecule has 0 aliphatic carbocycles. The van der Waals surface area contributed by atoms with Gasteiger partial charge in [0.1, 0.15) is 17.3 Å². The monoisotopic (exact) mass is 402 g/mol. The van der Waals surface area contributed by atoms with E-state index in [9.17, 15) is 9.59 Å². The Morgan fingerprint density at radius 3 is 1.97 bits per heavy atom. The predicted molar refractivity (Wildman–Crippen MR) is 122 cm³/mol. The first-order chi connectivity index (χ1) is 14.4. The van der Waals surface area contributed by atoms with Gasteiger partial charge in [0.2, 0.25) is 0 Å². The summed E-state index contributed by atoms with van der Waals surface area (Å²) in [5, 5.41) is 2.23. The van der Waals surface area contributed by atoms with Gasteiger partial charge in [-0.2, -0.15) is 0 Å². The first-order valence-electron chi connectivity index (χ1n) is 10.6. The normalized spacial score (nSPS) is 12.2. The van der Waals surface area contributed by atoms with Crippen LogP contribution < -0.4 is 4.74 Å². The Morgan fingerprint density at radius 2 is 1.30 bits per heavy atom. The number of rotatable bonds is 9. The summed E-state index contributed by atoms with van der Waals surface area (Å²) < 4.78 is 5.38. The topological polar surface area (TPSA) is 43.4 Å². The highest BCUT2D eigenvalue weighted by molar-refractivity contribution is 5.93. The van der Waals surface area contributed by atoms with Crippen molar-refractivity contribution in [2.45, 2.75) is 40.0 Å². The molecule has 0 aliphatic heterocycles. The van der Waals surface area contributed by atoms with Crippen LogP contribution in [-0.2, 0) is 28.9 Å². The van der Waals surface area contributed by atoms with Gasteiger partial charge in [-0.3, -0.25) is 9.59 Å². The zero-order valence-corrected chi connectivity index (χ0v) is 18.3. The smallest absolute Gasteiger partial charge is 0.140 e. The summed E-state index contributed by atoms with van der Waals surface area (Å²) in [5.74, 6) is 1.11. The highest BCUT2D eigenvalue weighted by Gasteiger charge is 2.18. The predicted octanol–water partition coefficient (Wildman–Crippen LogP) is 5.61. The third-order valence-corrected chi connectivity index (χ3v) is 5.74. The van der Waals surface area contributed by atoms with Gasteiger partial charge in [-0.05, 0) is 34.4 Å². The van der Waals surface area contributed by atoms with Gasteiger partial charge in [0.15, 0.2) is 0 Å². The van der Waals surface area contributed by atoms with Crippen molar-refractivity contribution in [3.8, 4) is 5.75 Å². The highest BCUT2D eigenvalue weighted by atomic mass is 16.5. The molecule has 0 saturated carbocycles. The first kappa shape index (κ1) is 21.8. The molecule has 0 fully saturated rings. The largest absolute Gasteiger partial charge is 0.496 e. The highest BCUT2D eigenvalue weighted by Crippen LogP contribution is 2.27. The maximum Gasteiger partial charge on any atom is 0.140 e. The molecule has 3 heteroatoms. The Kier molecular flexibility index (Phi) is 7.04. The van der Waals surface area contributed by atoms with Crippen molar-refractivity contribution < 1.29 is 14.3 Å². The summed E-state index contributed by atoms with van der Waals surface area (Å²) in [6, 6.07) is 20.0. The molecule has 0 spiro atoms. The summed E-state index contributed by atoms with van der Waals surface area (Å²) >= 11 is 0. The van der Waals surface area contributed by atoms with E-state index in [0.29, 0.717) is 19.3 Å². The second kappa shape index (κ2) is 9.71. The zero-order chi connectivity index (χ0) is 21.7. The van der Waals surface area contributed by atoms with E-state index in [0.717, 1.165) is 33.2 Å². The molecule has 0 saturated heterocycles. The summed E-state index contributed by atoms with van der Waals surface area (Å²) in [5.41, 5.74) is 3.12. The molecule has 3 aromatic carbocycles. The Morgan fingerprint density at radius 1 is 0.733 bits per heavy atom. The van der Waals surface area contributed by atoms with Crippen molar-refractivity contribution in [3.05, 3.63) is 77.4 Å². The van der Waals surface area contributed by atoms with Crippen LogP contribution >= 0.6 is 0 Å². The van der Waals surface area contributed by atoms with Gasteiger partial charge in [0.05, 0.1) is 7.11 Å². The van der Waals surface area contributed by atoms with Gasteiger partial charge in [-0.15, -0.1) is 0 Å². The summed E-state index contributed by atoms with van der Waals surface area (Å²) in [6.07, 6.45) is 1.48. The third kappa shape index (κ3) is 4.96. The lowest BCUT2D eigenvalue weighted by atomic mass is 9.89. The van der Waals surface area contributed by atoms with Crippen LogP contribution in [0.3, 0.4) is 0 Å². The minimum Gasteiger partial charge on any atom is -0.496 e. The number of benzene rings is 3. The second-order valence-corrected chi connectivity index (χ2v) is 8.29. The van der Waals surface area contributed by atoms with E-state index in [-0.39, 0.29) is 23.4 Å². The van der Waals surface area contributed by atoms with Crippen molar-refractivity contribution in [3.63, 3.8) is 0 Å². The standard InChI is InChI=1S/C27H30O3/c1-18(2)25(28)16-21-11-8-12-23-20(10-7-13-24(21)23)15-19(3)26(29)17-22-9-5-6-14-27(22)30-4/h5-14,18-19H,15-17H2,1-4H3. The van der Waals surface area contributed by atoms with Gasteiger partial charge in [0.25, 0.3) is 0 Å². The lowest BCUT2D eigenvalue weighted by molar-refractivity contribution is -0.122. The van der Waals surface area contributed by atoms with E-state index in [1.54, 1.807) is 7.11 Å². The van der Waals surface area contributed by atoms with Crippen molar-refractivity contribution >= 4 is 22.3 Å². The van der Waals surface area contributed by atoms with Crippen LogP contribution in [0.4, 0.5) is 0 Å². The number of hydrogen-bond donors (Lipinski definition) is 0. The molecule has 3 rings (SSSR count). The minimum absolute atomic E-state index is 0.0241. The lowest BCUT2D eigenvalue weighted by Crippen LogP contribution is -2.17. The van der Waals surface area contributed by atoms with Crippen LogP contribution in [0.15, 0.2) is 60.7 Å². The molecule has 0 aromatic heterocycles. The van der Waals surface area contributed by atoms with Crippen LogP contribution in [0, 0.1) is 11.8 Å². The van der Waals surface area contributed by atoms with E-state index in [4.69, 9.17) is 4.74 Å². The van der Waals surface area contributed by atoms with Crippen LogP contribution in [0.25, 0.3) is 10.8 Å². The number of ketones is 2. The molecule has 30 heavy (non-hydrogen) atoms. The van der Waals surface area contributed by atoms with Gasteiger partial charge in [-0.25, -0.2) is 0 Å². The molecule has 156 valence electrons. The van der Waals surface area contributed by atoms with Crippen LogP contribution in [0.1, 0.15) is 37.5 Å². The number of ether oxygens (including phenoxy) is 1. The quantitative estimate of drug-likeness (QED) is 0.467. The zero-order valence-electron chi connectivity index (χ0n) is 18.3. The van der Waals surface area contributed by atoms with Crippen molar-refractivity contribution in [1.29, 1.82) is 0 Å². The fraction of sp³-hybridized carbons (Fsp3) is 0.333. The van der Waals surface area contributed by atoms with Crippen LogP contribution in [0.5, 0.6) is 5.75 Å². The van der Waals surface area contributed by atoms with Gasteiger partial charge in [0, 0.05) is 30.2 Å². The number of para-hydroxylation sites is 1. The number of carbonyl (C=O) groups is 2. The number of hydrogen-bond acceptors (Lipinski definition) is 3. The number of carbonyl (C=O) groups excluding carboxylic acids is 2. The number of methoxy groups -OCH3 is 1. The van der Waals surface area contributed by atoms with E-state index < -0.39 is 0 Å². The van der Waals surface area contributed by atoms with Crippen molar-refractivity contribution in [2.24, 2.45) is 11.8 Å². The number of fused-ring (bicyclic) bond motifs is 1. The summed E-state index contributed by atoms with van der Waals surface area (Å²) in [6.45, 7) is 5.87. The molecular formula is C27H30O3. The maximum absolute atomic E-state index is 12.9. The van der Waals surface area contributed by atoms with Crippen molar-refractivity contribution in [1.82, 2.24) is 0 Å². The Balaban J connectivity index is 1.81. The van der Waals surface area contributed by atoms with E-state index >= 15 is 0 Å². The molecular weight excluding hydrogens is 372 g/mol. The average molecular weight is 403 g/mol. The first-order valence-corrected chi connectivity index (χ1v) is 10.6. The van der Waals surface area contributed by atoms with Gasteiger partial charge in [-0.1, -0.05) is 75.4 Å². The molecule has 1 unspecified atom stereocenters. The summed E-state index contributed by atoms with van der Waals surface area (Å²) in [4.78, 5) is 25.2. The average Bonchev–Trinajstić information content (AvgIpc) is 2.74. The van der Waals surface area contributed by atoms with Gasteiger partial charge >= 0.3 is 0 Å². The minimum atomic E-state index is -0.110. The molecule has 3 aromatic rings. The fourth-order valence-electron chi connectivity index (χ4n) is 3.82. The number of Topliss-reactive ketones (excluding diaryl/α,β-unsaturated/α-hetero) is 2. The van der Waals surface area contributed by atoms with Gasteiger partial charge < -0.3 is 4.74 Å². The van der Waals surface area contributed by atoms with Crippen LogP contribution in [0.2, 0.25) is 0 Å². The Hall–Kier alpha value is -2.94. The molecule has 3 nitrogen and oxygen atoms in total. The lowest BCUT2D eigenvalue weighted by Gasteiger charge is -2.15. The molecule has 0 bridgehead atoms. The van der Waals surface area contributed by atoms with E-state index in [1.807, 2.05) is 63.2 Å². The molecule has 0 N–H and O–H groups in total. The molecule has 1 atom stereocenters. The van der Waals surface area contributed by atoms with E-state index in [1.165, 1.54) is 0 Å². The third-order valence-electron chi connectivity index (χ3n) is 5.74.